The maximum atomic E-state index is 12.7. The van der Waals surface area contributed by atoms with Crippen molar-refractivity contribution in [3.8, 4) is 5.75 Å². The number of aromatic hydroxyl groups is 1. The van der Waals surface area contributed by atoms with Crippen molar-refractivity contribution in [3.63, 3.8) is 0 Å². The second-order valence-corrected chi connectivity index (χ2v) is 6.31. The van der Waals surface area contributed by atoms with Crippen LogP contribution in [0.1, 0.15) is 17.3 Å². The molecule has 2 N–H and O–H groups in total. The van der Waals surface area contributed by atoms with Gasteiger partial charge in [0.15, 0.2) is 0 Å². The molecule has 0 saturated carbocycles. The van der Waals surface area contributed by atoms with Crippen LogP contribution >= 0.6 is 0 Å². The van der Waals surface area contributed by atoms with E-state index in [4.69, 9.17) is 0 Å². The van der Waals surface area contributed by atoms with E-state index in [1.807, 2.05) is 0 Å². The van der Waals surface area contributed by atoms with Crippen LogP contribution in [0.3, 0.4) is 0 Å². The van der Waals surface area contributed by atoms with Gasteiger partial charge >= 0.3 is 0 Å². The minimum Gasteiger partial charge on any atom is -0.507 e. The predicted molar refractivity (Wildman–Crippen MR) is 64.7 cm³/mol. The molecule has 0 bridgehead atoms. The highest BCUT2D eigenvalue weighted by atomic mass is 32.2. The first-order chi connectivity index (χ1) is 8.19. The summed E-state index contributed by atoms with van der Waals surface area (Å²) in [7, 11) is -3.21. The van der Waals surface area contributed by atoms with Gasteiger partial charge in [0.05, 0.1) is 11.3 Å². The number of carbonyl (C=O) groups is 1. The molecule has 100 valence electrons. The molecule has 0 aromatic heterocycles. The minimum absolute atomic E-state index is 0.100. The Morgan fingerprint density at radius 3 is 2.61 bits per heavy atom. The molecule has 0 heterocycles. The largest absolute Gasteiger partial charge is 0.507 e. The molecule has 5 nitrogen and oxygen atoms in total. The number of sulfone groups is 1. The van der Waals surface area contributed by atoms with Crippen LogP contribution in [0.5, 0.6) is 5.75 Å². The molecular weight excluding hydrogens is 261 g/mol. The Morgan fingerprint density at radius 1 is 1.50 bits per heavy atom. The highest BCUT2D eigenvalue weighted by Crippen LogP contribution is 2.17. The van der Waals surface area contributed by atoms with E-state index in [2.05, 4.69) is 5.32 Å². The predicted octanol–water partition coefficient (Wildman–Crippen LogP) is 0.694. The van der Waals surface area contributed by atoms with Crippen molar-refractivity contribution >= 4 is 15.7 Å². The van der Waals surface area contributed by atoms with Gasteiger partial charge in [-0.2, -0.15) is 0 Å². The normalized spacial score (nSPS) is 13.1. The summed E-state index contributed by atoms with van der Waals surface area (Å²) in [5.74, 6) is -2.00. The molecule has 18 heavy (non-hydrogen) atoms. The van der Waals surface area contributed by atoms with Crippen LogP contribution in [0.2, 0.25) is 0 Å². The van der Waals surface area contributed by atoms with Crippen LogP contribution in [0.4, 0.5) is 4.39 Å². The van der Waals surface area contributed by atoms with Crippen molar-refractivity contribution in [2.45, 2.75) is 13.0 Å². The van der Waals surface area contributed by atoms with Crippen molar-refractivity contribution in [1.29, 1.82) is 0 Å². The summed E-state index contributed by atoms with van der Waals surface area (Å²) in [4.78, 5) is 11.7. The number of rotatable bonds is 4. The van der Waals surface area contributed by atoms with Gasteiger partial charge in [0.1, 0.15) is 21.4 Å². The minimum atomic E-state index is -3.21. The van der Waals surface area contributed by atoms with E-state index in [9.17, 15) is 22.7 Å². The first-order valence-corrected chi connectivity index (χ1v) is 7.22. The summed E-state index contributed by atoms with van der Waals surface area (Å²) < 4.78 is 34.8. The number of benzene rings is 1. The maximum Gasteiger partial charge on any atom is 0.255 e. The molecule has 0 fully saturated rings. The smallest absolute Gasteiger partial charge is 0.255 e. The third kappa shape index (κ3) is 4.33. The van der Waals surface area contributed by atoms with E-state index < -0.39 is 33.4 Å². The SMILES string of the molecule is CC(CS(C)(=O)=O)NC(=O)c1ccc(F)cc1O. The average Bonchev–Trinajstić information content (AvgIpc) is 2.13. The number of carbonyl (C=O) groups excluding carboxylic acids is 1. The third-order valence-electron chi connectivity index (χ3n) is 2.13. The number of hydrogen-bond donors (Lipinski definition) is 2. The molecule has 0 aliphatic carbocycles. The van der Waals surface area contributed by atoms with Crippen molar-refractivity contribution in [1.82, 2.24) is 5.32 Å². The fourth-order valence-corrected chi connectivity index (χ4v) is 2.49. The average molecular weight is 275 g/mol. The number of nitrogens with one attached hydrogen (secondary N) is 1. The first-order valence-electron chi connectivity index (χ1n) is 5.16. The molecule has 1 atom stereocenters. The Bertz CT molecular complexity index is 556. The lowest BCUT2D eigenvalue weighted by molar-refractivity contribution is 0.0941. The molecule has 7 heteroatoms. The van der Waals surface area contributed by atoms with Gasteiger partial charge in [-0.05, 0) is 19.1 Å². The monoisotopic (exact) mass is 275 g/mol. The molecule has 1 aromatic carbocycles. The zero-order valence-electron chi connectivity index (χ0n) is 9.97. The summed E-state index contributed by atoms with van der Waals surface area (Å²) in [5.41, 5.74) is -0.100. The van der Waals surface area contributed by atoms with Crippen molar-refractivity contribution in [2.24, 2.45) is 0 Å². The Morgan fingerprint density at radius 2 is 2.11 bits per heavy atom. The molecule has 0 radical (unpaired) electrons. The Kier molecular flexibility index (Phi) is 4.28. The lowest BCUT2D eigenvalue weighted by Crippen LogP contribution is -2.37. The van der Waals surface area contributed by atoms with E-state index in [0.29, 0.717) is 0 Å². The molecule has 1 unspecified atom stereocenters. The van der Waals surface area contributed by atoms with Gasteiger partial charge < -0.3 is 10.4 Å². The molecule has 0 spiro atoms. The van der Waals surface area contributed by atoms with Crippen molar-refractivity contribution in [3.05, 3.63) is 29.6 Å². The molecule has 1 amide bonds. The lowest BCUT2D eigenvalue weighted by atomic mass is 10.1. The Labute approximate surface area is 105 Å². The zero-order chi connectivity index (χ0) is 13.9. The Hall–Kier alpha value is -1.63. The molecular formula is C11H14FNO4S. The fraction of sp³-hybridized carbons (Fsp3) is 0.364. The lowest BCUT2D eigenvalue weighted by Gasteiger charge is -2.13. The fourth-order valence-electron chi connectivity index (χ4n) is 1.49. The van der Waals surface area contributed by atoms with Crippen LogP contribution < -0.4 is 5.32 Å². The highest BCUT2D eigenvalue weighted by Gasteiger charge is 2.16. The number of halogens is 1. The molecule has 0 aliphatic heterocycles. The van der Waals surface area contributed by atoms with Crippen LogP contribution in [0, 0.1) is 5.82 Å². The number of phenolic OH excluding ortho intramolecular Hbond substituents is 1. The van der Waals surface area contributed by atoms with Gasteiger partial charge in [0.2, 0.25) is 0 Å². The van der Waals surface area contributed by atoms with Gasteiger partial charge in [-0.15, -0.1) is 0 Å². The zero-order valence-corrected chi connectivity index (χ0v) is 10.8. The molecule has 1 aromatic rings. The summed E-state index contributed by atoms with van der Waals surface area (Å²) in [5, 5.41) is 11.8. The summed E-state index contributed by atoms with van der Waals surface area (Å²) in [6, 6.07) is 2.39. The van der Waals surface area contributed by atoms with Crippen LogP contribution in [-0.2, 0) is 9.84 Å². The number of phenols is 1. The summed E-state index contributed by atoms with van der Waals surface area (Å²) in [6.45, 7) is 1.53. The standard InChI is InChI=1S/C11H14FNO4S/c1-7(6-18(2,16)17)13-11(15)9-4-3-8(12)5-10(9)14/h3-5,7,14H,6H2,1-2H3,(H,13,15). The summed E-state index contributed by atoms with van der Waals surface area (Å²) >= 11 is 0. The topological polar surface area (TPSA) is 83.5 Å². The molecule has 1 rings (SSSR count). The van der Waals surface area contributed by atoms with Crippen molar-refractivity contribution in [2.75, 3.05) is 12.0 Å². The van der Waals surface area contributed by atoms with Gasteiger partial charge in [0, 0.05) is 18.4 Å². The second-order valence-electron chi connectivity index (χ2n) is 4.13. The van der Waals surface area contributed by atoms with Gasteiger partial charge in [-0.3, -0.25) is 4.79 Å². The van der Waals surface area contributed by atoms with E-state index in [1.54, 1.807) is 0 Å². The highest BCUT2D eigenvalue weighted by molar-refractivity contribution is 7.90. The Balaban J connectivity index is 2.77. The van der Waals surface area contributed by atoms with E-state index >= 15 is 0 Å². The van der Waals surface area contributed by atoms with Gasteiger partial charge in [-0.25, -0.2) is 12.8 Å². The molecule has 0 saturated heterocycles. The van der Waals surface area contributed by atoms with Crippen molar-refractivity contribution < 1.29 is 22.7 Å². The van der Waals surface area contributed by atoms with E-state index in [1.165, 1.54) is 6.92 Å². The first kappa shape index (κ1) is 14.4. The van der Waals surface area contributed by atoms with E-state index in [0.717, 1.165) is 24.5 Å². The number of hydrogen-bond acceptors (Lipinski definition) is 4. The van der Waals surface area contributed by atoms with Crippen LogP contribution in [0.25, 0.3) is 0 Å². The maximum absolute atomic E-state index is 12.7. The third-order valence-corrected chi connectivity index (χ3v) is 3.24. The summed E-state index contributed by atoms with van der Waals surface area (Å²) in [6.07, 6.45) is 1.06. The number of amides is 1. The van der Waals surface area contributed by atoms with Gasteiger partial charge in [-0.1, -0.05) is 0 Å². The van der Waals surface area contributed by atoms with Crippen LogP contribution in [0.15, 0.2) is 18.2 Å². The van der Waals surface area contributed by atoms with Crippen LogP contribution in [-0.4, -0.2) is 37.5 Å². The second kappa shape index (κ2) is 5.34. The molecule has 0 aliphatic rings. The van der Waals surface area contributed by atoms with Gasteiger partial charge in [0.25, 0.3) is 5.91 Å². The van der Waals surface area contributed by atoms with E-state index in [-0.39, 0.29) is 11.3 Å². The quantitative estimate of drug-likeness (QED) is 0.847.